The number of hydrogen-bond donors (Lipinski definition) is 2. The minimum Gasteiger partial charge on any atom is -0.392 e. The highest BCUT2D eigenvalue weighted by Gasteiger charge is 2.28. The number of aliphatic hydroxyl groups excluding tert-OH is 1. The number of aliphatic hydroxyl groups is 1. The fourth-order valence-electron chi connectivity index (χ4n) is 1.43. The molecule has 1 aliphatic carbocycles. The van der Waals surface area contributed by atoms with E-state index >= 15 is 0 Å². The van der Waals surface area contributed by atoms with Crippen molar-refractivity contribution in [1.29, 1.82) is 0 Å². The Morgan fingerprint density at radius 3 is 2.79 bits per heavy atom. The molecule has 14 heavy (non-hydrogen) atoms. The van der Waals surface area contributed by atoms with Gasteiger partial charge in [-0.25, -0.2) is 9.97 Å². The van der Waals surface area contributed by atoms with Crippen LogP contribution in [0.25, 0.3) is 0 Å². The molecule has 4 heteroatoms. The highest BCUT2D eigenvalue weighted by molar-refractivity contribution is 5.01. The normalized spacial score (nSPS) is 18.1. The van der Waals surface area contributed by atoms with E-state index in [1.165, 1.54) is 19.2 Å². The second kappa shape index (κ2) is 4.48. The Bertz CT molecular complexity index is 274. The van der Waals surface area contributed by atoms with Gasteiger partial charge in [0, 0.05) is 31.0 Å². The van der Waals surface area contributed by atoms with Crippen LogP contribution in [-0.4, -0.2) is 27.7 Å². The van der Waals surface area contributed by atoms with Gasteiger partial charge >= 0.3 is 0 Å². The zero-order chi connectivity index (χ0) is 9.80. The predicted octanol–water partition coefficient (Wildman–Crippen LogP) is 0.337. The molecule has 76 valence electrons. The van der Waals surface area contributed by atoms with Crippen molar-refractivity contribution < 1.29 is 5.11 Å². The first-order chi connectivity index (χ1) is 6.86. The lowest BCUT2D eigenvalue weighted by Crippen LogP contribution is -2.27. The molecule has 0 radical (unpaired) electrons. The van der Waals surface area contributed by atoms with E-state index in [0.717, 1.165) is 12.1 Å². The van der Waals surface area contributed by atoms with Crippen molar-refractivity contribution in [2.45, 2.75) is 25.5 Å². The lowest BCUT2D eigenvalue weighted by Gasteiger charge is -2.09. The summed E-state index contributed by atoms with van der Waals surface area (Å²) < 4.78 is 0. The van der Waals surface area contributed by atoms with Gasteiger partial charge in [-0.15, -0.1) is 0 Å². The lowest BCUT2D eigenvalue weighted by atomic mass is 10.2. The fourth-order valence-corrected chi connectivity index (χ4v) is 1.43. The Morgan fingerprint density at radius 2 is 2.14 bits per heavy atom. The van der Waals surface area contributed by atoms with Crippen LogP contribution in [0.2, 0.25) is 0 Å². The van der Waals surface area contributed by atoms with E-state index in [9.17, 15) is 5.11 Å². The van der Waals surface area contributed by atoms with Crippen molar-refractivity contribution in [3.63, 3.8) is 0 Å². The topological polar surface area (TPSA) is 58.0 Å². The van der Waals surface area contributed by atoms with Gasteiger partial charge in [-0.05, 0) is 18.8 Å². The van der Waals surface area contributed by atoms with Gasteiger partial charge in [0.05, 0.1) is 6.10 Å². The van der Waals surface area contributed by atoms with Gasteiger partial charge in [0.1, 0.15) is 6.33 Å². The summed E-state index contributed by atoms with van der Waals surface area (Å²) in [5, 5.41) is 12.8. The third-order valence-corrected chi connectivity index (χ3v) is 2.46. The van der Waals surface area contributed by atoms with E-state index in [1.54, 1.807) is 12.4 Å². The quantitative estimate of drug-likeness (QED) is 0.708. The molecule has 0 saturated heterocycles. The van der Waals surface area contributed by atoms with Crippen molar-refractivity contribution in [3.8, 4) is 0 Å². The van der Waals surface area contributed by atoms with Crippen LogP contribution < -0.4 is 5.32 Å². The van der Waals surface area contributed by atoms with Gasteiger partial charge in [-0.2, -0.15) is 0 Å². The molecule has 1 unspecified atom stereocenters. The van der Waals surface area contributed by atoms with Crippen molar-refractivity contribution in [1.82, 2.24) is 15.3 Å². The molecule has 1 aromatic rings. The minimum absolute atomic E-state index is 0.181. The van der Waals surface area contributed by atoms with Crippen LogP contribution in [-0.2, 0) is 6.54 Å². The average molecular weight is 193 g/mol. The third-order valence-electron chi connectivity index (χ3n) is 2.46. The molecule has 0 aliphatic heterocycles. The Morgan fingerprint density at radius 1 is 1.43 bits per heavy atom. The average Bonchev–Trinajstić information content (AvgIpc) is 3.02. The van der Waals surface area contributed by atoms with Gasteiger partial charge in [-0.1, -0.05) is 0 Å². The molecule has 1 fully saturated rings. The first-order valence-electron chi connectivity index (χ1n) is 4.99. The molecule has 1 aromatic heterocycles. The standard InChI is InChI=1S/C10H15N3O/c14-10(9-1-2-9)6-11-3-8-4-12-7-13-5-8/h4-5,7,9-11,14H,1-3,6H2. The monoisotopic (exact) mass is 193 g/mol. The summed E-state index contributed by atoms with van der Waals surface area (Å²) in [6, 6.07) is 0. The zero-order valence-electron chi connectivity index (χ0n) is 8.06. The smallest absolute Gasteiger partial charge is 0.115 e. The maximum Gasteiger partial charge on any atom is 0.115 e. The molecule has 0 bridgehead atoms. The Balaban J connectivity index is 1.67. The predicted molar refractivity (Wildman–Crippen MR) is 52.5 cm³/mol. The molecule has 0 spiro atoms. The number of nitrogens with zero attached hydrogens (tertiary/aromatic N) is 2. The summed E-state index contributed by atoms with van der Waals surface area (Å²) in [5.41, 5.74) is 1.05. The summed E-state index contributed by atoms with van der Waals surface area (Å²) in [6.45, 7) is 1.39. The van der Waals surface area contributed by atoms with E-state index in [2.05, 4.69) is 15.3 Å². The maximum atomic E-state index is 9.57. The first kappa shape index (κ1) is 9.55. The number of nitrogens with one attached hydrogen (secondary N) is 1. The molecule has 2 rings (SSSR count). The van der Waals surface area contributed by atoms with Gasteiger partial charge < -0.3 is 10.4 Å². The van der Waals surface area contributed by atoms with Crippen LogP contribution in [0.4, 0.5) is 0 Å². The molecule has 4 nitrogen and oxygen atoms in total. The largest absolute Gasteiger partial charge is 0.392 e. The van der Waals surface area contributed by atoms with Crippen molar-refractivity contribution >= 4 is 0 Å². The van der Waals surface area contributed by atoms with E-state index in [1.807, 2.05) is 0 Å². The Hall–Kier alpha value is -1.00. The van der Waals surface area contributed by atoms with Gasteiger partial charge in [-0.3, -0.25) is 0 Å². The molecule has 1 heterocycles. The van der Waals surface area contributed by atoms with Crippen LogP contribution >= 0.6 is 0 Å². The number of hydrogen-bond acceptors (Lipinski definition) is 4. The zero-order valence-corrected chi connectivity index (χ0v) is 8.06. The summed E-state index contributed by atoms with van der Waals surface area (Å²) in [5.74, 6) is 0.537. The van der Waals surface area contributed by atoms with Crippen molar-refractivity contribution in [3.05, 3.63) is 24.3 Å². The van der Waals surface area contributed by atoms with E-state index < -0.39 is 0 Å². The second-order valence-electron chi connectivity index (χ2n) is 3.78. The van der Waals surface area contributed by atoms with Gasteiger partial charge in [0.2, 0.25) is 0 Å². The van der Waals surface area contributed by atoms with Crippen LogP contribution in [0, 0.1) is 5.92 Å². The van der Waals surface area contributed by atoms with E-state index in [0.29, 0.717) is 12.5 Å². The molecule has 2 N–H and O–H groups in total. The van der Waals surface area contributed by atoms with Crippen LogP contribution in [0.3, 0.4) is 0 Å². The minimum atomic E-state index is -0.181. The van der Waals surface area contributed by atoms with Crippen LogP contribution in [0.15, 0.2) is 18.7 Å². The summed E-state index contributed by atoms with van der Waals surface area (Å²) >= 11 is 0. The molecule has 1 atom stereocenters. The molecule has 0 aromatic carbocycles. The number of aromatic nitrogens is 2. The Kier molecular flexibility index (Phi) is 3.06. The lowest BCUT2D eigenvalue weighted by molar-refractivity contribution is 0.148. The highest BCUT2D eigenvalue weighted by Crippen LogP contribution is 2.32. The maximum absolute atomic E-state index is 9.57. The second-order valence-corrected chi connectivity index (χ2v) is 3.78. The van der Waals surface area contributed by atoms with Gasteiger partial charge in [0.15, 0.2) is 0 Å². The summed E-state index contributed by atoms with van der Waals surface area (Å²) in [7, 11) is 0. The van der Waals surface area contributed by atoms with Gasteiger partial charge in [0.25, 0.3) is 0 Å². The van der Waals surface area contributed by atoms with E-state index in [4.69, 9.17) is 0 Å². The first-order valence-corrected chi connectivity index (χ1v) is 4.99. The van der Waals surface area contributed by atoms with Crippen molar-refractivity contribution in [2.24, 2.45) is 5.92 Å². The molecular weight excluding hydrogens is 178 g/mol. The van der Waals surface area contributed by atoms with Crippen molar-refractivity contribution in [2.75, 3.05) is 6.54 Å². The van der Waals surface area contributed by atoms with Crippen LogP contribution in [0.1, 0.15) is 18.4 Å². The number of rotatable bonds is 5. The molecule has 1 saturated carbocycles. The van der Waals surface area contributed by atoms with Crippen LogP contribution in [0.5, 0.6) is 0 Å². The highest BCUT2D eigenvalue weighted by atomic mass is 16.3. The third kappa shape index (κ3) is 2.75. The summed E-state index contributed by atoms with van der Waals surface area (Å²) in [6.07, 6.45) is 7.25. The molecule has 0 amide bonds. The fraction of sp³-hybridized carbons (Fsp3) is 0.600. The van der Waals surface area contributed by atoms with E-state index in [-0.39, 0.29) is 6.10 Å². The molecule has 1 aliphatic rings. The Labute approximate surface area is 83.4 Å². The summed E-state index contributed by atoms with van der Waals surface area (Å²) in [4.78, 5) is 7.83. The SMILES string of the molecule is OC(CNCc1cncnc1)C1CC1. The molecular formula is C10H15N3O.